The molecule has 9 heteroatoms. The fourth-order valence-electron chi connectivity index (χ4n) is 3.06. The zero-order chi connectivity index (χ0) is 24.7. The van der Waals surface area contributed by atoms with Crippen molar-refractivity contribution in [2.45, 2.75) is 0 Å². The lowest BCUT2D eigenvalue weighted by Gasteiger charge is -2.15. The first-order valence-corrected chi connectivity index (χ1v) is 10.8. The van der Waals surface area contributed by atoms with Gasteiger partial charge in [-0.15, -0.1) is 0 Å². The number of hydrogen-bond acceptors (Lipinski definition) is 5. The molecule has 0 aliphatic carbocycles. The second-order valence-corrected chi connectivity index (χ2v) is 7.76. The molecule has 0 atom stereocenters. The summed E-state index contributed by atoms with van der Waals surface area (Å²) in [6.45, 7) is 0. The van der Waals surface area contributed by atoms with Gasteiger partial charge in [-0.05, 0) is 58.4 Å². The molecule has 34 heavy (non-hydrogen) atoms. The number of methoxy groups -OCH3 is 2. The summed E-state index contributed by atoms with van der Waals surface area (Å²) in [4.78, 5) is 37.6. The van der Waals surface area contributed by atoms with Crippen LogP contribution >= 0.6 is 15.9 Å². The first-order chi connectivity index (χ1) is 16.3. The fraction of sp³-hybridized carbons (Fsp3) is 0.0800. The van der Waals surface area contributed by atoms with E-state index in [-0.39, 0.29) is 22.7 Å². The summed E-state index contributed by atoms with van der Waals surface area (Å²) in [6.07, 6.45) is 1.47. The van der Waals surface area contributed by atoms with Crippen LogP contribution < -0.4 is 20.1 Å². The van der Waals surface area contributed by atoms with Crippen LogP contribution in [0.15, 0.2) is 76.9 Å². The van der Waals surface area contributed by atoms with Crippen LogP contribution in [0.25, 0.3) is 6.08 Å². The van der Waals surface area contributed by atoms with Gasteiger partial charge in [0.15, 0.2) is 0 Å². The van der Waals surface area contributed by atoms with Crippen LogP contribution in [-0.2, 0) is 4.79 Å². The molecular weight excluding hydrogens is 504 g/mol. The van der Waals surface area contributed by atoms with Gasteiger partial charge in [-0.25, -0.2) is 4.79 Å². The lowest BCUT2D eigenvalue weighted by Crippen LogP contribution is -2.31. The number of nitrogens with one attached hydrogen (secondary N) is 2. The predicted molar refractivity (Wildman–Crippen MR) is 131 cm³/mol. The summed E-state index contributed by atoms with van der Waals surface area (Å²) >= 11 is 3.33. The minimum Gasteiger partial charge on any atom is -0.496 e. The lowest BCUT2D eigenvalue weighted by atomic mass is 10.1. The SMILES string of the molecule is COc1ccccc1/C=C(/NC(=O)c1ccccc1Br)C(=O)Nc1cc(C(=O)O)ccc1OC. The van der Waals surface area contributed by atoms with Gasteiger partial charge in [0.2, 0.25) is 0 Å². The van der Waals surface area contributed by atoms with Crippen LogP contribution in [0.4, 0.5) is 5.69 Å². The summed E-state index contributed by atoms with van der Waals surface area (Å²) in [5.74, 6) is -1.62. The summed E-state index contributed by atoms with van der Waals surface area (Å²) in [5.41, 5.74) is 0.880. The molecule has 3 N–H and O–H groups in total. The Bertz CT molecular complexity index is 1270. The molecule has 174 valence electrons. The highest BCUT2D eigenvalue weighted by Crippen LogP contribution is 2.27. The topological polar surface area (TPSA) is 114 Å². The smallest absolute Gasteiger partial charge is 0.335 e. The number of anilines is 1. The van der Waals surface area contributed by atoms with Gasteiger partial charge in [0, 0.05) is 10.0 Å². The number of carboxylic acid groups (broad SMARTS) is 1. The number of carbonyl (C=O) groups excluding carboxylic acids is 2. The van der Waals surface area contributed by atoms with Crippen molar-refractivity contribution in [1.82, 2.24) is 5.32 Å². The Labute approximate surface area is 204 Å². The van der Waals surface area contributed by atoms with Crippen molar-refractivity contribution in [3.63, 3.8) is 0 Å². The van der Waals surface area contributed by atoms with Gasteiger partial charge < -0.3 is 25.2 Å². The quantitative estimate of drug-likeness (QED) is 0.372. The number of para-hydroxylation sites is 1. The second-order valence-electron chi connectivity index (χ2n) is 6.91. The molecule has 0 saturated carbocycles. The fourth-order valence-corrected chi connectivity index (χ4v) is 3.53. The van der Waals surface area contributed by atoms with E-state index in [4.69, 9.17) is 9.47 Å². The maximum atomic E-state index is 13.3. The molecule has 0 saturated heterocycles. The number of carboxylic acids is 1. The summed E-state index contributed by atoms with van der Waals surface area (Å²) in [7, 11) is 2.89. The molecule has 0 aromatic heterocycles. The van der Waals surface area contributed by atoms with Crippen LogP contribution in [0.3, 0.4) is 0 Å². The van der Waals surface area contributed by atoms with Gasteiger partial charge in [-0.3, -0.25) is 9.59 Å². The Morgan fingerprint density at radius 1 is 0.912 bits per heavy atom. The zero-order valence-electron chi connectivity index (χ0n) is 18.3. The van der Waals surface area contributed by atoms with Crippen molar-refractivity contribution in [2.24, 2.45) is 0 Å². The second kappa shape index (κ2) is 11.2. The number of ether oxygens (including phenoxy) is 2. The van der Waals surface area contributed by atoms with Crippen LogP contribution in [0.2, 0.25) is 0 Å². The number of carbonyl (C=O) groups is 3. The van der Waals surface area contributed by atoms with Gasteiger partial charge in [0.1, 0.15) is 17.2 Å². The molecular formula is C25H21BrN2O6. The number of aromatic carboxylic acids is 1. The number of hydrogen-bond donors (Lipinski definition) is 3. The summed E-state index contributed by atoms with van der Waals surface area (Å²) < 4.78 is 11.1. The van der Waals surface area contributed by atoms with E-state index in [1.165, 1.54) is 38.5 Å². The first-order valence-electron chi connectivity index (χ1n) is 9.97. The van der Waals surface area contributed by atoms with E-state index in [1.54, 1.807) is 48.5 Å². The molecule has 0 bridgehead atoms. The van der Waals surface area contributed by atoms with Crippen molar-refractivity contribution in [2.75, 3.05) is 19.5 Å². The van der Waals surface area contributed by atoms with E-state index in [0.717, 1.165) is 0 Å². The molecule has 0 heterocycles. The molecule has 3 aromatic carbocycles. The molecule has 0 aliphatic rings. The first kappa shape index (κ1) is 24.5. The van der Waals surface area contributed by atoms with Gasteiger partial charge in [-0.1, -0.05) is 30.3 Å². The average Bonchev–Trinajstić information content (AvgIpc) is 2.84. The maximum absolute atomic E-state index is 13.3. The Morgan fingerprint density at radius 3 is 2.26 bits per heavy atom. The molecule has 8 nitrogen and oxygen atoms in total. The molecule has 3 aromatic rings. The standard InChI is InChI=1S/C25H21BrN2O6/c1-33-21-10-6-3-7-15(21)13-20(28-23(29)17-8-4-5-9-18(17)26)24(30)27-19-14-16(25(31)32)11-12-22(19)34-2/h3-14H,1-2H3,(H,27,30)(H,28,29)(H,31,32)/b20-13+. The van der Waals surface area contributed by atoms with Crippen LogP contribution in [0.5, 0.6) is 11.5 Å². The van der Waals surface area contributed by atoms with E-state index in [9.17, 15) is 19.5 Å². The third-order valence-electron chi connectivity index (χ3n) is 4.74. The number of rotatable bonds is 8. The summed E-state index contributed by atoms with van der Waals surface area (Å²) in [5, 5.41) is 14.6. The monoisotopic (exact) mass is 524 g/mol. The summed E-state index contributed by atoms with van der Waals surface area (Å²) in [6, 6.07) is 17.8. The third kappa shape index (κ3) is 5.81. The highest BCUT2D eigenvalue weighted by atomic mass is 79.9. The van der Waals surface area contributed by atoms with E-state index in [2.05, 4.69) is 26.6 Å². The van der Waals surface area contributed by atoms with Crippen molar-refractivity contribution in [3.8, 4) is 11.5 Å². The number of amides is 2. The predicted octanol–water partition coefficient (Wildman–Crippen LogP) is 4.57. The minimum absolute atomic E-state index is 0.0383. The van der Waals surface area contributed by atoms with Crippen molar-refractivity contribution >= 4 is 45.5 Å². The van der Waals surface area contributed by atoms with E-state index in [1.807, 2.05) is 0 Å². The Morgan fingerprint density at radius 2 is 1.59 bits per heavy atom. The van der Waals surface area contributed by atoms with Gasteiger partial charge in [0.25, 0.3) is 11.8 Å². The van der Waals surface area contributed by atoms with Crippen LogP contribution in [-0.4, -0.2) is 37.1 Å². The maximum Gasteiger partial charge on any atom is 0.335 e. The van der Waals surface area contributed by atoms with Crippen LogP contribution in [0, 0.1) is 0 Å². The van der Waals surface area contributed by atoms with Crippen molar-refractivity contribution in [1.29, 1.82) is 0 Å². The highest BCUT2D eigenvalue weighted by molar-refractivity contribution is 9.10. The largest absolute Gasteiger partial charge is 0.496 e. The third-order valence-corrected chi connectivity index (χ3v) is 5.44. The van der Waals surface area contributed by atoms with E-state index in [0.29, 0.717) is 21.3 Å². The highest BCUT2D eigenvalue weighted by Gasteiger charge is 2.19. The number of halogens is 1. The Balaban J connectivity index is 2.01. The van der Waals surface area contributed by atoms with Crippen molar-refractivity contribution in [3.05, 3.63) is 93.6 Å². The van der Waals surface area contributed by atoms with Gasteiger partial charge in [-0.2, -0.15) is 0 Å². The molecule has 0 radical (unpaired) electrons. The van der Waals surface area contributed by atoms with Crippen molar-refractivity contribution < 1.29 is 29.0 Å². The zero-order valence-corrected chi connectivity index (χ0v) is 19.9. The van der Waals surface area contributed by atoms with E-state index >= 15 is 0 Å². The molecule has 0 spiro atoms. The van der Waals surface area contributed by atoms with E-state index < -0.39 is 17.8 Å². The van der Waals surface area contributed by atoms with Gasteiger partial charge in [0.05, 0.1) is 31.0 Å². The van der Waals surface area contributed by atoms with Crippen LogP contribution in [0.1, 0.15) is 26.3 Å². The molecule has 0 fully saturated rings. The average molecular weight is 525 g/mol. The molecule has 0 unspecified atom stereocenters. The number of benzene rings is 3. The van der Waals surface area contributed by atoms with Gasteiger partial charge >= 0.3 is 5.97 Å². The minimum atomic E-state index is -1.16. The lowest BCUT2D eigenvalue weighted by molar-refractivity contribution is -0.113. The Hall–Kier alpha value is -4.11. The Kier molecular flexibility index (Phi) is 8.05. The molecule has 3 rings (SSSR count). The molecule has 2 amide bonds. The normalized spacial score (nSPS) is 10.9. The molecule has 0 aliphatic heterocycles.